The van der Waals surface area contributed by atoms with Crippen molar-refractivity contribution in [3.63, 3.8) is 0 Å². The summed E-state index contributed by atoms with van der Waals surface area (Å²) in [6, 6.07) is 21.8. The van der Waals surface area contributed by atoms with Crippen molar-refractivity contribution in [3.05, 3.63) is 60.2 Å². The van der Waals surface area contributed by atoms with Crippen molar-refractivity contribution >= 4 is 5.91 Å². The second kappa shape index (κ2) is 10.5. The number of hydrogen-bond donors (Lipinski definition) is 0. The number of hydrogen-bond acceptors (Lipinski definition) is 4. The fraction of sp³-hybridized carbons (Fsp3) is 0.400. The highest BCUT2D eigenvalue weighted by atomic mass is 16.5. The van der Waals surface area contributed by atoms with E-state index in [4.69, 9.17) is 15.3 Å². The highest BCUT2D eigenvalue weighted by Gasteiger charge is 2.45. The molecule has 1 aliphatic rings. The van der Waals surface area contributed by atoms with Crippen molar-refractivity contribution < 1.29 is 9.53 Å². The van der Waals surface area contributed by atoms with E-state index in [0.29, 0.717) is 32.4 Å². The molecule has 0 spiro atoms. The Morgan fingerprint density at radius 1 is 1.03 bits per heavy atom. The Bertz CT molecular complexity index is 912. The largest absolute Gasteiger partial charge is 0.457 e. The fourth-order valence-electron chi connectivity index (χ4n) is 4.14. The van der Waals surface area contributed by atoms with Crippen molar-refractivity contribution in [2.45, 2.75) is 39.2 Å². The van der Waals surface area contributed by atoms with Gasteiger partial charge in [0.2, 0.25) is 5.91 Å². The number of nitrogens with zero attached hydrogens (tertiary/aromatic N) is 3. The molecule has 0 bridgehead atoms. The molecule has 0 saturated heterocycles. The minimum Gasteiger partial charge on any atom is -0.457 e. The second-order valence-corrected chi connectivity index (χ2v) is 7.81. The number of carbonyl (C=O) groups excluding carboxylic acids is 1. The van der Waals surface area contributed by atoms with Crippen LogP contribution in [-0.4, -0.2) is 17.4 Å². The topological polar surface area (TPSA) is 77.1 Å². The lowest BCUT2D eigenvalue weighted by Gasteiger charge is -2.44. The Kier molecular flexibility index (Phi) is 7.46. The van der Waals surface area contributed by atoms with E-state index in [1.54, 1.807) is 0 Å². The van der Waals surface area contributed by atoms with Gasteiger partial charge in [0.25, 0.3) is 0 Å². The zero-order valence-electron chi connectivity index (χ0n) is 17.3. The van der Waals surface area contributed by atoms with Crippen molar-refractivity contribution in [1.82, 2.24) is 4.90 Å². The van der Waals surface area contributed by atoms with Crippen LogP contribution in [0.3, 0.4) is 0 Å². The summed E-state index contributed by atoms with van der Waals surface area (Å²) in [5.41, 5.74) is 1.04. The molecule has 154 valence electrons. The summed E-state index contributed by atoms with van der Waals surface area (Å²) in [6.07, 6.45) is 2.35. The van der Waals surface area contributed by atoms with Gasteiger partial charge in [-0.05, 0) is 54.5 Å². The van der Waals surface area contributed by atoms with E-state index < -0.39 is 0 Å². The van der Waals surface area contributed by atoms with E-state index in [1.807, 2.05) is 59.5 Å². The number of amides is 1. The first-order valence-corrected chi connectivity index (χ1v) is 10.5. The van der Waals surface area contributed by atoms with Crippen molar-refractivity contribution in [2.24, 2.45) is 17.8 Å². The third-order valence-electron chi connectivity index (χ3n) is 5.76. The van der Waals surface area contributed by atoms with Crippen molar-refractivity contribution in [2.75, 3.05) is 6.54 Å². The third-order valence-corrected chi connectivity index (χ3v) is 5.76. The number of rotatable bonds is 9. The van der Waals surface area contributed by atoms with Gasteiger partial charge >= 0.3 is 0 Å². The molecule has 5 nitrogen and oxygen atoms in total. The first-order valence-electron chi connectivity index (χ1n) is 10.5. The Labute approximate surface area is 178 Å². The molecule has 3 unspecified atom stereocenters. The van der Waals surface area contributed by atoms with Gasteiger partial charge in [-0.15, -0.1) is 0 Å². The van der Waals surface area contributed by atoms with E-state index in [2.05, 4.69) is 19.1 Å². The molecule has 0 radical (unpaired) electrons. The maximum atomic E-state index is 13.2. The lowest BCUT2D eigenvalue weighted by Crippen LogP contribution is -2.48. The summed E-state index contributed by atoms with van der Waals surface area (Å²) < 4.78 is 5.84. The monoisotopic (exact) mass is 401 g/mol. The molecule has 0 aromatic heterocycles. The normalized spacial score (nSPS) is 19.8. The summed E-state index contributed by atoms with van der Waals surface area (Å²) in [4.78, 5) is 15.1. The fourth-order valence-corrected chi connectivity index (χ4v) is 4.14. The first kappa shape index (κ1) is 21.4. The van der Waals surface area contributed by atoms with Crippen LogP contribution in [0.25, 0.3) is 0 Å². The van der Waals surface area contributed by atoms with Gasteiger partial charge in [0.1, 0.15) is 11.5 Å². The van der Waals surface area contributed by atoms with Crippen molar-refractivity contribution in [1.29, 1.82) is 10.5 Å². The maximum Gasteiger partial charge on any atom is 0.226 e. The van der Waals surface area contributed by atoms with Gasteiger partial charge in [0, 0.05) is 31.8 Å². The number of para-hydroxylation sites is 1. The number of benzene rings is 2. The van der Waals surface area contributed by atoms with E-state index >= 15 is 0 Å². The first-order chi connectivity index (χ1) is 14.7. The summed E-state index contributed by atoms with van der Waals surface area (Å²) in [5.74, 6) is 1.68. The molecule has 1 amide bonds. The van der Waals surface area contributed by atoms with Crippen LogP contribution in [-0.2, 0) is 11.3 Å². The molecule has 1 saturated carbocycles. The Morgan fingerprint density at radius 2 is 1.70 bits per heavy atom. The number of ether oxygens (including phenoxy) is 1. The highest BCUT2D eigenvalue weighted by molar-refractivity contribution is 5.80. The molecule has 0 N–H and O–H groups in total. The SMILES string of the molecule is CCCN(Cc1ccc(Oc2ccccc2)cc1)C(=O)C1CC(CC#N)C1CC#N. The van der Waals surface area contributed by atoms with Crippen LogP contribution in [0.15, 0.2) is 54.6 Å². The lowest BCUT2D eigenvalue weighted by molar-refractivity contribution is -0.145. The van der Waals surface area contributed by atoms with Gasteiger partial charge in [-0.2, -0.15) is 10.5 Å². The molecule has 1 aliphatic carbocycles. The molecule has 3 atom stereocenters. The quantitative estimate of drug-likeness (QED) is 0.571. The van der Waals surface area contributed by atoms with Gasteiger partial charge in [0.15, 0.2) is 0 Å². The molecule has 3 rings (SSSR count). The smallest absolute Gasteiger partial charge is 0.226 e. The molecule has 2 aromatic rings. The van der Waals surface area contributed by atoms with Crippen LogP contribution >= 0.6 is 0 Å². The summed E-state index contributed by atoms with van der Waals surface area (Å²) in [6.45, 7) is 3.28. The molecule has 0 heterocycles. The highest BCUT2D eigenvalue weighted by Crippen LogP contribution is 2.45. The Morgan fingerprint density at radius 3 is 2.33 bits per heavy atom. The molecule has 5 heteroatoms. The summed E-state index contributed by atoms with van der Waals surface area (Å²) in [5, 5.41) is 18.1. The van der Waals surface area contributed by atoms with Crippen LogP contribution in [0, 0.1) is 40.4 Å². The average molecular weight is 402 g/mol. The molecule has 30 heavy (non-hydrogen) atoms. The molecular weight excluding hydrogens is 374 g/mol. The maximum absolute atomic E-state index is 13.2. The van der Waals surface area contributed by atoms with E-state index in [9.17, 15) is 4.79 Å². The van der Waals surface area contributed by atoms with Gasteiger partial charge < -0.3 is 9.64 Å². The zero-order valence-corrected chi connectivity index (χ0v) is 17.3. The molecule has 2 aromatic carbocycles. The Hall–Kier alpha value is -3.31. The van der Waals surface area contributed by atoms with E-state index in [1.165, 1.54) is 0 Å². The van der Waals surface area contributed by atoms with Gasteiger partial charge in [-0.1, -0.05) is 37.3 Å². The molecule has 0 aliphatic heterocycles. The number of nitriles is 2. The van der Waals surface area contributed by atoms with E-state index in [-0.39, 0.29) is 23.7 Å². The van der Waals surface area contributed by atoms with Crippen molar-refractivity contribution in [3.8, 4) is 23.6 Å². The van der Waals surface area contributed by atoms with Crippen LogP contribution < -0.4 is 4.74 Å². The number of carbonyl (C=O) groups is 1. The van der Waals surface area contributed by atoms with Crippen LogP contribution in [0.1, 0.15) is 38.2 Å². The predicted molar refractivity (Wildman–Crippen MR) is 114 cm³/mol. The van der Waals surface area contributed by atoms with Gasteiger partial charge in [-0.3, -0.25) is 4.79 Å². The standard InChI is InChI=1S/C25H27N3O2/c1-2-16-28(25(29)24-17-20(12-14-26)23(24)13-15-27)18-19-8-10-22(11-9-19)30-21-6-4-3-5-7-21/h3-11,20,23-24H,2,12-13,16-18H2,1H3. The molecular formula is C25H27N3O2. The lowest BCUT2D eigenvalue weighted by atomic mass is 9.62. The average Bonchev–Trinajstić information content (AvgIpc) is 2.76. The molecule has 1 fully saturated rings. The van der Waals surface area contributed by atoms with Crippen LogP contribution in [0.2, 0.25) is 0 Å². The Balaban J connectivity index is 1.64. The van der Waals surface area contributed by atoms with Gasteiger partial charge in [-0.25, -0.2) is 0 Å². The van der Waals surface area contributed by atoms with Crippen LogP contribution in [0.5, 0.6) is 11.5 Å². The third kappa shape index (κ3) is 5.19. The summed E-state index contributed by atoms with van der Waals surface area (Å²) >= 11 is 0. The minimum absolute atomic E-state index is 0.00292. The van der Waals surface area contributed by atoms with Crippen LogP contribution in [0.4, 0.5) is 0 Å². The zero-order chi connectivity index (χ0) is 21.3. The second-order valence-electron chi connectivity index (χ2n) is 7.81. The van der Waals surface area contributed by atoms with E-state index in [0.717, 1.165) is 23.5 Å². The van der Waals surface area contributed by atoms with Gasteiger partial charge in [0.05, 0.1) is 12.1 Å². The minimum atomic E-state index is -0.143. The summed E-state index contributed by atoms with van der Waals surface area (Å²) in [7, 11) is 0. The predicted octanol–water partition coefficient (Wildman–Crippen LogP) is 5.30.